The normalized spacial score (nSPS) is 15.2. The van der Waals surface area contributed by atoms with Crippen molar-refractivity contribution in [2.75, 3.05) is 44.1 Å². The monoisotopic (exact) mass is 472 g/mol. The molecular weight excluding hydrogens is 444 g/mol. The summed E-state index contributed by atoms with van der Waals surface area (Å²) in [7, 11) is 1.28. The molecule has 3 aromatic rings. The first-order valence-electron chi connectivity index (χ1n) is 10.8. The zero-order chi connectivity index (χ0) is 23.4. The first-order chi connectivity index (χ1) is 16.0. The number of hydrogen-bond acceptors (Lipinski definition) is 9. The average molecular weight is 473 g/mol. The van der Waals surface area contributed by atoms with Gasteiger partial charge in [0.25, 0.3) is 0 Å². The fourth-order valence-electron chi connectivity index (χ4n) is 3.64. The highest BCUT2D eigenvalue weighted by atomic mass is 32.2. The van der Waals surface area contributed by atoms with Crippen LogP contribution in [0.1, 0.15) is 19.7 Å². The van der Waals surface area contributed by atoms with Gasteiger partial charge < -0.3 is 24.5 Å². The van der Waals surface area contributed by atoms with Gasteiger partial charge in [-0.1, -0.05) is 37.7 Å². The second-order valence-electron chi connectivity index (χ2n) is 8.09. The van der Waals surface area contributed by atoms with Crippen molar-refractivity contribution in [3.63, 3.8) is 0 Å². The number of rotatable bonds is 8. The summed E-state index contributed by atoms with van der Waals surface area (Å²) >= 11 is 1.31. The van der Waals surface area contributed by atoms with Gasteiger partial charge in [-0.15, -0.1) is 10.2 Å². The zero-order valence-corrected chi connectivity index (χ0v) is 19.8. The minimum Gasteiger partial charge on any atom is -0.510 e. The van der Waals surface area contributed by atoms with Gasteiger partial charge in [-0.05, 0) is 18.1 Å². The number of aliphatic hydroxyl groups is 1. The van der Waals surface area contributed by atoms with Crippen molar-refractivity contribution in [1.82, 2.24) is 24.7 Å². The van der Waals surface area contributed by atoms with Gasteiger partial charge in [0.15, 0.2) is 5.16 Å². The summed E-state index contributed by atoms with van der Waals surface area (Å²) < 4.78 is 12.4. The van der Waals surface area contributed by atoms with Crippen LogP contribution in [0.4, 0.5) is 5.95 Å². The van der Waals surface area contributed by atoms with Crippen molar-refractivity contribution in [3.8, 4) is 0 Å². The number of nitrogens with zero attached hydrogens (tertiary/aromatic N) is 5. The van der Waals surface area contributed by atoms with Crippen LogP contribution in [0.5, 0.6) is 0 Å². The number of aromatic nitrogens is 5. The first kappa shape index (κ1) is 23.1. The molecule has 1 aliphatic heterocycles. The number of imidazole rings is 1. The quantitative estimate of drug-likeness (QED) is 0.221. The molecule has 33 heavy (non-hydrogen) atoms. The van der Waals surface area contributed by atoms with Gasteiger partial charge in [0, 0.05) is 19.6 Å². The Morgan fingerprint density at radius 3 is 2.73 bits per heavy atom. The van der Waals surface area contributed by atoms with Crippen molar-refractivity contribution < 1.29 is 19.4 Å². The van der Waals surface area contributed by atoms with Crippen LogP contribution in [-0.2, 0) is 20.8 Å². The third kappa shape index (κ3) is 5.14. The van der Waals surface area contributed by atoms with E-state index >= 15 is 0 Å². The number of carbonyl (C=O) groups excluding carboxylic acids is 1. The van der Waals surface area contributed by atoms with E-state index in [1.54, 1.807) is 0 Å². The Bertz CT molecular complexity index is 1120. The van der Waals surface area contributed by atoms with Crippen LogP contribution in [0.25, 0.3) is 16.6 Å². The van der Waals surface area contributed by atoms with Gasteiger partial charge in [0.2, 0.25) is 5.95 Å². The number of nitrogens with one attached hydrogen (secondary N) is 1. The van der Waals surface area contributed by atoms with Gasteiger partial charge in [-0.2, -0.15) is 0 Å². The van der Waals surface area contributed by atoms with Crippen molar-refractivity contribution >= 4 is 40.3 Å². The van der Waals surface area contributed by atoms with E-state index in [9.17, 15) is 9.90 Å². The van der Waals surface area contributed by atoms with Gasteiger partial charge in [-0.25, -0.2) is 9.78 Å². The van der Waals surface area contributed by atoms with Crippen molar-refractivity contribution in [2.24, 2.45) is 5.92 Å². The largest absolute Gasteiger partial charge is 0.510 e. The summed E-state index contributed by atoms with van der Waals surface area (Å²) in [5.74, 6) is 0.747. The number of aromatic amines is 1. The topological polar surface area (TPSA) is 118 Å². The molecule has 0 spiro atoms. The molecule has 0 amide bonds. The fraction of sp³-hybridized carbons (Fsp3) is 0.455. The predicted molar refractivity (Wildman–Crippen MR) is 126 cm³/mol. The molecule has 1 aromatic carbocycles. The summed E-state index contributed by atoms with van der Waals surface area (Å²) in [4.78, 5) is 22.2. The van der Waals surface area contributed by atoms with Gasteiger partial charge >= 0.3 is 5.97 Å². The number of ether oxygens (including phenoxy) is 2. The molecule has 176 valence electrons. The van der Waals surface area contributed by atoms with Crippen LogP contribution in [-0.4, -0.2) is 75.0 Å². The molecule has 4 rings (SSSR count). The smallest absolute Gasteiger partial charge is 0.345 e. The van der Waals surface area contributed by atoms with Crippen LogP contribution >= 0.6 is 11.8 Å². The van der Waals surface area contributed by atoms with Crippen LogP contribution in [0.2, 0.25) is 0 Å². The van der Waals surface area contributed by atoms with E-state index in [1.807, 2.05) is 24.3 Å². The molecule has 2 N–H and O–H groups in total. The number of carbonyl (C=O) groups is 1. The lowest BCUT2D eigenvalue weighted by Crippen LogP contribution is -2.38. The summed E-state index contributed by atoms with van der Waals surface area (Å²) in [6.07, 6.45) is 0. The number of anilines is 1. The number of morpholine rings is 1. The van der Waals surface area contributed by atoms with E-state index in [-0.39, 0.29) is 22.9 Å². The van der Waals surface area contributed by atoms with Gasteiger partial charge in [0.05, 0.1) is 37.1 Å². The summed E-state index contributed by atoms with van der Waals surface area (Å²) in [6.45, 7) is 7.81. The zero-order valence-electron chi connectivity index (χ0n) is 18.9. The third-order valence-corrected chi connectivity index (χ3v) is 6.16. The maximum Gasteiger partial charge on any atom is 0.345 e. The lowest BCUT2D eigenvalue weighted by atomic mass is 10.2. The van der Waals surface area contributed by atoms with Gasteiger partial charge in [-0.3, -0.25) is 4.57 Å². The van der Waals surface area contributed by atoms with E-state index in [4.69, 9.17) is 9.47 Å². The number of esters is 1. The lowest BCUT2D eigenvalue weighted by Gasteiger charge is -2.28. The Labute approximate surface area is 196 Å². The highest BCUT2D eigenvalue weighted by Gasteiger charge is 2.25. The minimum atomic E-state index is -0.662. The Balaban J connectivity index is 1.61. The van der Waals surface area contributed by atoms with E-state index in [0.29, 0.717) is 29.8 Å². The van der Waals surface area contributed by atoms with Crippen LogP contribution in [0.15, 0.2) is 35.2 Å². The number of methoxy groups -OCH3 is 1. The van der Waals surface area contributed by atoms with E-state index in [0.717, 1.165) is 31.1 Å². The van der Waals surface area contributed by atoms with Gasteiger partial charge in [0.1, 0.15) is 17.2 Å². The molecule has 3 heterocycles. The highest BCUT2D eigenvalue weighted by Crippen LogP contribution is 2.28. The molecule has 0 atom stereocenters. The Hall–Kier alpha value is -3.05. The third-order valence-electron chi connectivity index (χ3n) is 5.18. The molecular formula is C22H28N6O4S. The second kappa shape index (κ2) is 10.3. The number of benzene rings is 1. The Kier molecular flexibility index (Phi) is 7.19. The molecule has 1 saturated heterocycles. The van der Waals surface area contributed by atoms with Crippen molar-refractivity contribution in [2.45, 2.75) is 25.5 Å². The summed E-state index contributed by atoms with van der Waals surface area (Å²) in [6, 6.07) is 7.42. The molecule has 11 heteroatoms. The molecule has 1 aliphatic rings. The molecule has 0 radical (unpaired) electrons. The van der Waals surface area contributed by atoms with Crippen molar-refractivity contribution in [3.05, 3.63) is 35.8 Å². The molecule has 10 nitrogen and oxygen atoms in total. The van der Waals surface area contributed by atoms with Crippen LogP contribution in [0.3, 0.4) is 0 Å². The number of fused-ring (bicyclic) bond motifs is 1. The predicted octanol–water partition coefficient (Wildman–Crippen LogP) is 2.88. The van der Waals surface area contributed by atoms with Crippen LogP contribution in [0, 0.1) is 5.92 Å². The molecule has 0 bridgehead atoms. The Morgan fingerprint density at radius 2 is 2.03 bits per heavy atom. The maximum atomic E-state index is 12.5. The number of thioether (sulfide) groups is 1. The van der Waals surface area contributed by atoms with Crippen molar-refractivity contribution in [1.29, 1.82) is 0 Å². The van der Waals surface area contributed by atoms with Crippen LogP contribution < -0.4 is 4.90 Å². The van der Waals surface area contributed by atoms with E-state index in [1.165, 1.54) is 18.9 Å². The number of para-hydroxylation sites is 2. The summed E-state index contributed by atoms with van der Waals surface area (Å²) in [5.41, 5.74) is 1.46. The van der Waals surface area contributed by atoms with E-state index in [2.05, 4.69) is 43.5 Å². The molecule has 0 unspecified atom stereocenters. The lowest BCUT2D eigenvalue weighted by molar-refractivity contribution is -0.133. The number of aliphatic hydroxyl groups excluding tert-OH is 1. The first-order valence-corrected chi connectivity index (χ1v) is 11.8. The molecule has 2 aromatic heterocycles. The summed E-state index contributed by atoms with van der Waals surface area (Å²) in [5, 5.41) is 20.3. The standard InChI is InChI=1S/C22H28N6O4S/c1-14(2)12-28-21(27-8-10-32-11-9-27)25-26-22(28)33-13-17(29)18(20(30)31-3)19-23-15-6-4-5-7-16(15)24-19/h4-7,14,29H,8-13H2,1-3H3,(H,23,24)/b18-17+. The molecule has 0 aliphatic carbocycles. The average Bonchev–Trinajstić information content (AvgIpc) is 3.41. The second-order valence-corrected chi connectivity index (χ2v) is 9.03. The maximum absolute atomic E-state index is 12.5. The molecule has 0 saturated carbocycles. The number of H-pyrrole nitrogens is 1. The highest BCUT2D eigenvalue weighted by molar-refractivity contribution is 7.99. The SMILES string of the molecule is COC(=O)/C(=C(/O)CSc1nnc(N2CCOCC2)n1CC(C)C)c1nc2ccccc2[nH]1. The van der Waals surface area contributed by atoms with E-state index < -0.39 is 5.97 Å². The fourth-order valence-corrected chi connectivity index (χ4v) is 4.46. The Morgan fingerprint density at radius 1 is 1.27 bits per heavy atom. The number of hydrogen-bond donors (Lipinski definition) is 2. The minimum absolute atomic E-state index is 0.00419. The molecule has 1 fully saturated rings.